The Morgan fingerprint density at radius 2 is 1.88 bits per heavy atom. The molecule has 0 spiro atoms. The molecule has 0 bridgehead atoms. The number of halogens is 1. The molecule has 1 aromatic carbocycles. The topological polar surface area (TPSA) is 63.2 Å². The van der Waals surface area contributed by atoms with Gasteiger partial charge in [-0.2, -0.15) is 0 Å². The lowest BCUT2D eigenvalue weighted by molar-refractivity contribution is 0.0956. The van der Waals surface area contributed by atoms with E-state index in [9.17, 15) is 13.2 Å². The maximum absolute atomic E-state index is 11.5. The zero-order valence-electron chi connectivity index (χ0n) is 8.73. The maximum atomic E-state index is 11.5. The van der Waals surface area contributed by atoms with Gasteiger partial charge in [0.25, 0.3) is 5.91 Å². The fourth-order valence-corrected chi connectivity index (χ4v) is 1.95. The second-order valence-electron chi connectivity index (χ2n) is 3.24. The monoisotopic (exact) mass is 305 g/mol. The van der Waals surface area contributed by atoms with Crippen molar-refractivity contribution >= 4 is 31.7 Å². The third kappa shape index (κ3) is 3.61. The average Bonchev–Trinajstić information content (AvgIpc) is 2.25. The number of nitrogens with one attached hydrogen (secondary N) is 1. The third-order valence-electron chi connectivity index (χ3n) is 1.92. The van der Waals surface area contributed by atoms with E-state index in [1.54, 1.807) is 0 Å². The second-order valence-corrected chi connectivity index (χ2v) is 6.05. The van der Waals surface area contributed by atoms with E-state index in [4.69, 9.17) is 0 Å². The molecule has 1 amide bonds. The van der Waals surface area contributed by atoms with Gasteiger partial charge in [-0.15, -0.1) is 0 Å². The lowest BCUT2D eigenvalue weighted by Crippen LogP contribution is -2.25. The van der Waals surface area contributed by atoms with E-state index in [1.165, 1.54) is 24.3 Å². The van der Waals surface area contributed by atoms with Crippen LogP contribution >= 0.6 is 15.9 Å². The summed E-state index contributed by atoms with van der Waals surface area (Å²) in [5.41, 5.74) is 0.452. The van der Waals surface area contributed by atoms with E-state index in [0.717, 1.165) is 6.26 Å². The van der Waals surface area contributed by atoms with Crippen LogP contribution in [-0.2, 0) is 9.84 Å². The Labute approximate surface area is 103 Å². The fourth-order valence-electron chi connectivity index (χ4n) is 1.12. The number of alkyl halides is 1. The SMILES string of the molecule is CS(=O)(=O)c1ccc(C(=O)NCCBr)cc1. The number of rotatable bonds is 4. The minimum absolute atomic E-state index is 0.209. The van der Waals surface area contributed by atoms with Crippen LogP contribution in [0.2, 0.25) is 0 Å². The minimum atomic E-state index is -3.20. The van der Waals surface area contributed by atoms with E-state index >= 15 is 0 Å². The molecule has 88 valence electrons. The number of sulfone groups is 1. The van der Waals surface area contributed by atoms with Crippen molar-refractivity contribution < 1.29 is 13.2 Å². The highest BCUT2D eigenvalue weighted by Gasteiger charge is 2.09. The van der Waals surface area contributed by atoms with Crippen LogP contribution in [0.3, 0.4) is 0 Å². The van der Waals surface area contributed by atoms with Crippen LogP contribution in [0, 0.1) is 0 Å². The van der Waals surface area contributed by atoms with Gasteiger partial charge in [-0.3, -0.25) is 4.79 Å². The van der Waals surface area contributed by atoms with Crippen molar-refractivity contribution in [2.45, 2.75) is 4.90 Å². The molecule has 0 aliphatic heterocycles. The summed E-state index contributed by atoms with van der Waals surface area (Å²) in [5, 5.41) is 3.35. The zero-order valence-corrected chi connectivity index (χ0v) is 11.1. The highest BCUT2D eigenvalue weighted by Crippen LogP contribution is 2.10. The van der Waals surface area contributed by atoms with Gasteiger partial charge in [0, 0.05) is 23.7 Å². The molecule has 0 aliphatic rings. The Balaban J connectivity index is 2.83. The predicted molar refractivity (Wildman–Crippen MR) is 65.7 cm³/mol. The van der Waals surface area contributed by atoms with Gasteiger partial charge < -0.3 is 5.32 Å². The number of benzene rings is 1. The third-order valence-corrected chi connectivity index (χ3v) is 3.45. The molecule has 0 saturated carbocycles. The van der Waals surface area contributed by atoms with Gasteiger partial charge in [-0.05, 0) is 24.3 Å². The second kappa shape index (κ2) is 5.45. The van der Waals surface area contributed by atoms with Gasteiger partial charge in [-0.1, -0.05) is 15.9 Å². The number of hydrogen-bond donors (Lipinski definition) is 1. The van der Waals surface area contributed by atoms with Gasteiger partial charge in [0.1, 0.15) is 0 Å². The Morgan fingerprint density at radius 1 is 1.31 bits per heavy atom. The Hall–Kier alpha value is -0.880. The van der Waals surface area contributed by atoms with Crippen LogP contribution in [0.15, 0.2) is 29.2 Å². The molecule has 0 saturated heterocycles. The molecular formula is C10H12BrNO3S. The number of carbonyl (C=O) groups excluding carboxylic acids is 1. The first-order valence-electron chi connectivity index (χ1n) is 4.59. The largest absolute Gasteiger partial charge is 0.351 e. The van der Waals surface area contributed by atoms with Gasteiger partial charge in [-0.25, -0.2) is 8.42 Å². The fraction of sp³-hybridized carbons (Fsp3) is 0.300. The molecule has 0 atom stereocenters. The molecule has 0 aliphatic carbocycles. The summed E-state index contributed by atoms with van der Waals surface area (Å²) in [6, 6.07) is 5.86. The van der Waals surface area contributed by atoms with Gasteiger partial charge in [0.05, 0.1) is 4.90 Å². The van der Waals surface area contributed by atoms with Crippen LogP contribution in [0.1, 0.15) is 10.4 Å². The van der Waals surface area contributed by atoms with Crippen LogP contribution in [0.25, 0.3) is 0 Å². The molecule has 1 N–H and O–H groups in total. The summed E-state index contributed by atoms with van der Waals surface area (Å²) in [7, 11) is -3.20. The molecule has 6 heteroatoms. The molecular weight excluding hydrogens is 294 g/mol. The van der Waals surface area contributed by atoms with Crippen molar-refractivity contribution in [3.8, 4) is 0 Å². The highest BCUT2D eigenvalue weighted by atomic mass is 79.9. The van der Waals surface area contributed by atoms with E-state index in [2.05, 4.69) is 21.2 Å². The maximum Gasteiger partial charge on any atom is 0.251 e. The van der Waals surface area contributed by atoms with Crippen molar-refractivity contribution in [3.05, 3.63) is 29.8 Å². The molecule has 0 radical (unpaired) electrons. The zero-order chi connectivity index (χ0) is 12.2. The molecule has 4 nitrogen and oxygen atoms in total. The average molecular weight is 306 g/mol. The lowest BCUT2D eigenvalue weighted by Gasteiger charge is -2.03. The van der Waals surface area contributed by atoms with E-state index in [0.29, 0.717) is 17.4 Å². The minimum Gasteiger partial charge on any atom is -0.351 e. The first kappa shape index (κ1) is 13.2. The number of hydrogen-bond acceptors (Lipinski definition) is 3. The number of amides is 1. The summed E-state index contributed by atoms with van der Waals surface area (Å²) >= 11 is 3.19. The van der Waals surface area contributed by atoms with Crippen LogP contribution in [-0.4, -0.2) is 32.5 Å². The van der Waals surface area contributed by atoms with Crippen LogP contribution < -0.4 is 5.32 Å². The first-order chi connectivity index (χ1) is 7.45. The smallest absolute Gasteiger partial charge is 0.251 e. The standard InChI is InChI=1S/C10H12BrNO3S/c1-16(14,15)9-4-2-8(3-5-9)10(13)12-7-6-11/h2-5H,6-7H2,1H3,(H,12,13). The van der Waals surface area contributed by atoms with Crippen molar-refractivity contribution in [2.24, 2.45) is 0 Å². The number of carbonyl (C=O) groups is 1. The molecule has 1 aromatic rings. The van der Waals surface area contributed by atoms with E-state index in [1.807, 2.05) is 0 Å². The highest BCUT2D eigenvalue weighted by molar-refractivity contribution is 9.09. The summed E-state index contributed by atoms with van der Waals surface area (Å²) in [6.45, 7) is 0.534. The quantitative estimate of drug-likeness (QED) is 0.851. The predicted octanol–water partition coefficient (Wildman–Crippen LogP) is 1.21. The Bertz CT molecular complexity index is 467. The van der Waals surface area contributed by atoms with Gasteiger partial charge >= 0.3 is 0 Å². The molecule has 0 unspecified atom stereocenters. The van der Waals surface area contributed by atoms with E-state index in [-0.39, 0.29) is 10.8 Å². The Morgan fingerprint density at radius 3 is 2.31 bits per heavy atom. The molecule has 0 fully saturated rings. The summed E-state index contributed by atoms with van der Waals surface area (Å²) in [6.07, 6.45) is 1.13. The Kier molecular flexibility index (Phi) is 4.49. The summed E-state index contributed by atoms with van der Waals surface area (Å²) in [4.78, 5) is 11.7. The lowest BCUT2D eigenvalue weighted by atomic mass is 10.2. The first-order valence-corrected chi connectivity index (χ1v) is 7.60. The van der Waals surface area contributed by atoms with E-state index < -0.39 is 9.84 Å². The van der Waals surface area contributed by atoms with Crippen molar-refractivity contribution in [1.82, 2.24) is 5.32 Å². The van der Waals surface area contributed by atoms with Gasteiger partial charge in [0.15, 0.2) is 9.84 Å². The van der Waals surface area contributed by atoms with Crippen molar-refractivity contribution in [2.75, 3.05) is 18.1 Å². The van der Waals surface area contributed by atoms with Gasteiger partial charge in [0.2, 0.25) is 0 Å². The summed E-state index contributed by atoms with van der Waals surface area (Å²) in [5.74, 6) is -0.209. The summed E-state index contributed by atoms with van der Waals surface area (Å²) < 4.78 is 22.4. The normalized spacial score (nSPS) is 11.1. The molecule has 0 heterocycles. The van der Waals surface area contributed by atoms with Crippen molar-refractivity contribution in [1.29, 1.82) is 0 Å². The van der Waals surface area contributed by atoms with Crippen molar-refractivity contribution in [3.63, 3.8) is 0 Å². The molecule has 1 rings (SSSR count). The van der Waals surface area contributed by atoms with Crippen LogP contribution in [0.4, 0.5) is 0 Å². The molecule has 0 aromatic heterocycles. The van der Waals surface area contributed by atoms with Crippen LogP contribution in [0.5, 0.6) is 0 Å². The molecule has 16 heavy (non-hydrogen) atoms.